The fourth-order valence-corrected chi connectivity index (χ4v) is 1.15. The largest absolute Gasteiger partial charge is 0.478 e. The standard InChI is InChI=1S/C6H4O3S/c7-5-1-2-10-3-4(5)6(8)9/h1-3H,(H,8,9). The Morgan fingerprint density at radius 2 is 2.30 bits per heavy atom. The molecule has 0 saturated carbocycles. The molecule has 1 N–H and O–H groups in total. The minimum atomic E-state index is -1.16. The summed E-state index contributed by atoms with van der Waals surface area (Å²) in [6.07, 6.45) is 0. The summed E-state index contributed by atoms with van der Waals surface area (Å²) in [7, 11) is 0. The molecule has 0 radical (unpaired) electrons. The Morgan fingerprint density at radius 1 is 1.60 bits per heavy atom. The van der Waals surface area contributed by atoms with E-state index in [-0.39, 0.29) is 5.56 Å². The molecule has 4 heteroatoms. The molecule has 1 aromatic rings. The lowest BCUT2D eigenvalue weighted by Gasteiger charge is -1.86. The molecule has 1 aromatic heterocycles. The fourth-order valence-electron chi connectivity index (χ4n) is 0.512. The van der Waals surface area contributed by atoms with Gasteiger partial charge in [-0.05, 0) is 11.4 Å². The van der Waals surface area contributed by atoms with E-state index in [1.54, 1.807) is 5.38 Å². The molecule has 0 saturated heterocycles. The van der Waals surface area contributed by atoms with E-state index in [1.807, 2.05) is 0 Å². The van der Waals surface area contributed by atoms with Gasteiger partial charge in [0.05, 0.1) is 0 Å². The van der Waals surface area contributed by atoms with Gasteiger partial charge in [-0.15, -0.1) is 0 Å². The molecule has 0 fully saturated rings. The van der Waals surface area contributed by atoms with Crippen LogP contribution in [0.5, 0.6) is 0 Å². The summed E-state index contributed by atoms with van der Waals surface area (Å²) in [5, 5.41) is 11.2. The lowest BCUT2D eigenvalue weighted by atomic mass is 10.3. The maximum absolute atomic E-state index is 10.7. The molecule has 0 aliphatic carbocycles. The predicted molar refractivity (Wildman–Crippen MR) is 37.5 cm³/mol. The lowest BCUT2D eigenvalue weighted by Crippen LogP contribution is -2.11. The molecular formula is C6H4O3S. The van der Waals surface area contributed by atoms with Gasteiger partial charge in [-0.3, -0.25) is 4.79 Å². The Morgan fingerprint density at radius 3 is 2.70 bits per heavy atom. The maximum atomic E-state index is 10.7. The minimum Gasteiger partial charge on any atom is -0.478 e. The van der Waals surface area contributed by atoms with E-state index in [1.165, 1.54) is 22.8 Å². The third-order valence-corrected chi connectivity index (χ3v) is 1.64. The van der Waals surface area contributed by atoms with Gasteiger partial charge in [-0.2, -0.15) is 11.3 Å². The van der Waals surface area contributed by atoms with Gasteiger partial charge < -0.3 is 5.11 Å². The van der Waals surface area contributed by atoms with Gasteiger partial charge in [0, 0.05) is 5.38 Å². The molecule has 0 amide bonds. The smallest absolute Gasteiger partial charge is 0.340 e. The second-order valence-electron chi connectivity index (χ2n) is 1.64. The van der Waals surface area contributed by atoms with Crippen LogP contribution in [0.15, 0.2) is 21.6 Å². The van der Waals surface area contributed by atoms with Crippen LogP contribution in [0, 0.1) is 0 Å². The van der Waals surface area contributed by atoms with Crippen LogP contribution in [0.1, 0.15) is 10.4 Å². The highest BCUT2D eigenvalue weighted by molar-refractivity contribution is 7.07. The Hall–Kier alpha value is -1.16. The van der Waals surface area contributed by atoms with Crippen molar-refractivity contribution in [2.24, 2.45) is 0 Å². The molecule has 0 aliphatic rings. The first-order valence-electron chi connectivity index (χ1n) is 2.51. The molecular weight excluding hydrogens is 152 g/mol. The number of hydrogen-bond acceptors (Lipinski definition) is 3. The van der Waals surface area contributed by atoms with Gasteiger partial charge in [0.1, 0.15) is 5.56 Å². The molecule has 0 bridgehead atoms. The summed E-state index contributed by atoms with van der Waals surface area (Å²) in [5.41, 5.74) is -0.598. The molecule has 0 spiro atoms. The summed E-state index contributed by atoms with van der Waals surface area (Å²) < 4.78 is 0. The maximum Gasteiger partial charge on any atom is 0.340 e. The van der Waals surface area contributed by atoms with Crippen LogP contribution in [-0.4, -0.2) is 11.1 Å². The first kappa shape index (κ1) is 6.95. The van der Waals surface area contributed by atoms with E-state index in [0.717, 1.165) is 0 Å². The van der Waals surface area contributed by atoms with Crippen LogP contribution in [0.3, 0.4) is 0 Å². The Balaban J connectivity index is 3.29. The highest BCUT2D eigenvalue weighted by Gasteiger charge is 2.04. The molecule has 52 valence electrons. The van der Waals surface area contributed by atoms with Gasteiger partial charge in [0.15, 0.2) is 5.43 Å². The number of carboxylic acids is 1. The summed E-state index contributed by atoms with van der Waals surface area (Å²) in [6, 6.07) is 1.24. The quantitative estimate of drug-likeness (QED) is 0.654. The van der Waals surface area contributed by atoms with E-state index in [9.17, 15) is 9.59 Å². The normalized spacial score (nSPS) is 9.20. The molecule has 0 aromatic carbocycles. The average Bonchev–Trinajstić information content (AvgIpc) is 1.88. The van der Waals surface area contributed by atoms with Crippen LogP contribution in [0.25, 0.3) is 0 Å². The Labute approximate surface area is 60.6 Å². The van der Waals surface area contributed by atoms with Crippen molar-refractivity contribution in [3.05, 3.63) is 32.6 Å². The van der Waals surface area contributed by atoms with Crippen molar-refractivity contribution < 1.29 is 9.90 Å². The molecule has 1 heterocycles. The second kappa shape index (κ2) is 2.62. The van der Waals surface area contributed by atoms with E-state index in [2.05, 4.69) is 0 Å². The molecule has 1 rings (SSSR count). The van der Waals surface area contributed by atoms with E-state index in [4.69, 9.17) is 5.11 Å². The van der Waals surface area contributed by atoms with Gasteiger partial charge in [-0.1, -0.05) is 0 Å². The van der Waals surface area contributed by atoms with Crippen molar-refractivity contribution >= 4 is 17.3 Å². The van der Waals surface area contributed by atoms with Crippen LogP contribution >= 0.6 is 11.3 Å². The topological polar surface area (TPSA) is 54.4 Å². The van der Waals surface area contributed by atoms with Crippen LogP contribution in [0.2, 0.25) is 0 Å². The summed E-state index contributed by atoms with van der Waals surface area (Å²) in [5.74, 6) is -1.16. The van der Waals surface area contributed by atoms with Crippen molar-refractivity contribution in [1.29, 1.82) is 0 Å². The van der Waals surface area contributed by atoms with Crippen molar-refractivity contribution in [3.8, 4) is 0 Å². The Bertz CT molecular complexity index is 302. The van der Waals surface area contributed by atoms with Gasteiger partial charge in [0.25, 0.3) is 0 Å². The number of aromatic carboxylic acids is 1. The summed E-state index contributed by atoms with van der Waals surface area (Å²) in [4.78, 5) is 20.9. The third-order valence-electron chi connectivity index (χ3n) is 0.980. The minimum absolute atomic E-state index is 0.160. The SMILES string of the molecule is O=C(O)c1csccc1=O. The highest BCUT2D eigenvalue weighted by Crippen LogP contribution is 1.96. The van der Waals surface area contributed by atoms with Crippen molar-refractivity contribution in [2.45, 2.75) is 0 Å². The zero-order chi connectivity index (χ0) is 7.56. The predicted octanol–water partition coefficient (Wildman–Crippen LogP) is 0.807. The van der Waals surface area contributed by atoms with E-state index >= 15 is 0 Å². The molecule has 3 nitrogen and oxygen atoms in total. The number of carbonyl (C=O) groups is 1. The molecule has 0 aliphatic heterocycles. The van der Waals surface area contributed by atoms with Gasteiger partial charge in [-0.25, -0.2) is 4.79 Å². The number of carboxylic acid groups (broad SMARTS) is 1. The van der Waals surface area contributed by atoms with E-state index in [0.29, 0.717) is 0 Å². The number of hydrogen-bond donors (Lipinski definition) is 1. The van der Waals surface area contributed by atoms with Crippen LogP contribution < -0.4 is 5.43 Å². The van der Waals surface area contributed by atoms with Crippen molar-refractivity contribution in [2.75, 3.05) is 0 Å². The fraction of sp³-hybridized carbons (Fsp3) is 0. The van der Waals surface area contributed by atoms with Crippen molar-refractivity contribution in [1.82, 2.24) is 0 Å². The molecule has 0 atom stereocenters. The van der Waals surface area contributed by atoms with Crippen LogP contribution in [-0.2, 0) is 0 Å². The first-order valence-corrected chi connectivity index (χ1v) is 3.46. The zero-order valence-electron chi connectivity index (χ0n) is 4.90. The van der Waals surface area contributed by atoms with Gasteiger partial charge in [0.2, 0.25) is 0 Å². The zero-order valence-corrected chi connectivity index (χ0v) is 5.72. The van der Waals surface area contributed by atoms with Crippen molar-refractivity contribution in [3.63, 3.8) is 0 Å². The average molecular weight is 156 g/mol. The monoisotopic (exact) mass is 156 g/mol. The third kappa shape index (κ3) is 1.22. The molecule has 10 heavy (non-hydrogen) atoms. The van der Waals surface area contributed by atoms with Gasteiger partial charge >= 0.3 is 5.97 Å². The number of rotatable bonds is 1. The first-order chi connectivity index (χ1) is 4.72. The molecule has 0 unspecified atom stereocenters. The van der Waals surface area contributed by atoms with E-state index < -0.39 is 11.4 Å². The Kier molecular flexibility index (Phi) is 1.82. The lowest BCUT2D eigenvalue weighted by molar-refractivity contribution is 0.0696. The highest BCUT2D eigenvalue weighted by atomic mass is 32.1. The second-order valence-corrected chi connectivity index (χ2v) is 2.42. The summed E-state index contributed by atoms with van der Waals surface area (Å²) >= 11 is 1.19. The summed E-state index contributed by atoms with van der Waals surface area (Å²) in [6.45, 7) is 0. The van der Waals surface area contributed by atoms with Crippen LogP contribution in [0.4, 0.5) is 0 Å².